The van der Waals surface area contributed by atoms with Crippen molar-refractivity contribution in [2.24, 2.45) is 0 Å². The summed E-state index contributed by atoms with van der Waals surface area (Å²) >= 11 is 4.65. The van der Waals surface area contributed by atoms with E-state index in [2.05, 4.69) is 38.0 Å². The van der Waals surface area contributed by atoms with Gasteiger partial charge in [0.05, 0.1) is 0 Å². The summed E-state index contributed by atoms with van der Waals surface area (Å²) in [7, 11) is 0. The fourth-order valence-electron chi connectivity index (χ4n) is 0.668. The molecule has 7 nitrogen and oxygen atoms in total. The van der Waals surface area contributed by atoms with Gasteiger partial charge in [0, 0.05) is 6.92 Å². The summed E-state index contributed by atoms with van der Waals surface area (Å²) in [5.41, 5.74) is 0. The predicted octanol–water partition coefficient (Wildman–Crippen LogP) is -1.04. The summed E-state index contributed by atoms with van der Waals surface area (Å²) in [6, 6.07) is 0. The molecule has 3 N–H and O–H groups in total. The number of rotatable bonds is 1. The van der Waals surface area contributed by atoms with Crippen LogP contribution in [-0.2, 0) is 4.79 Å². The maximum atomic E-state index is 11.2. The van der Waals surface area contributed by atoms with Gasteiger partial charge in [-0.15, -0.1) is 0 Å². The first kappa shape index (κ1) is 10.3. The molecule has 0 fully saturated rings. The van der Waals surface area contributed by atoms with Gasteiger partial charge in [-0.2, -0.15) is 5.10 Å². The first-order valence-electron chi connectivity index (χ1n) is 3.58. The van der Waals surface area contributed by atoms with E-state index in [1.807, 2.05) is 0 Å². The van der Waals surface area contributed by atoms with E-state index in [0.717, 1.165) is 0 Å². The average molecular weight is 213 g/mol. The molecule has 2 amide bonds. The lowest BCUT2D eigenvalue weighted by Gasteiger charge is -2.03. The monoisotopic (exact) mass is 213 g/mol. The normalized spacial score (nSPS) is 9.21. The SMILES string of the molecule is CC(=O)NC(=S)NC(=O)c1ncn[nH]1. The predicted molar refractivity (Wildman–Crippen MR) is 50.3 cm³/mol. The molecule has 1 heterocycles. The minimum absolute atomic E-state index is 0.0257. The molecule has 0 saturated carbocycles. The summed E-state index contributed by atoms with van der Waals surface area (Å²) in [6.07, 6.45) is 1.19. The highest BCUT2D eigenvalue weighted by Crippen LogP contribution is 1.84. The third kappa shape index (κ3) is 2.90. The molecule has 1 aromatic rings. The highest BCUT2D eigenvalue weighted by Gasteiger charge is 2.10. The topological polar surface area (TPSA) is 99.8 Å². The molecule has 1 aromatic heterocycles. The fraction of sp³-hybridized carbons (Fsp3) is 0.167. The van der Waals surface area contributed by atoms with Crippen LogP contribution in [0.25, 0.3) is 0 Å². The molecule has 1 rings (SSSR count). The van der Waals surface area contributed by atoms with Gasteiger partial charge in [-0.1, -0.05) is 0 Å². The lowest BCUT2D eigenvalue weighted by molar-refractivity contribution is -0.117. The van der Waals surface area contributed by atoms with Crippen molar-refractivity contribution in [2.75, 3.05) is 0 Å². The molecule has 0 radical (unpaired) electrons. The van der Waals surface area contributed by atoms with E-state index in [1.165, 1.54) is 13.3 Å². The van der Waals surface area contributed by atoms with Crippen LogP contribution in [0.3, 0.4) is 0 Å². The van der Waals surface area contributed by atoms with Crippen molar-refractivity contribution in [2.45, 2.75) is 6.92 Å². The minimum atomic E-state index is -0.554. The van der Waals surface area contributed by atoms with Gasteiger partial charge in [0.2, 0.25) is 11.7 Å². The fourth-order valence-corrected chi connectivity index (χ4v) is 0.905. The molecule has 14 heavy (non-hydrogen) atoms. The molecule has 0 atom stereocenters. The Balaban J connectivity index is 2.50. The molecule has 0 saturated heterocycles. The van der Waals surface area contributed by atoms with E-state index in [1.54, 1.807) is 0 Å². The smallest absolute Gasteiger partial charge is 0.294 e. The van der Waals surface area contributed by atoms with Crippen LogP contribution in [0.5, 0.6) is 0 Å². The van der Waals surface area contributed by atoms with Crippen molar-refractivity contribution in [1.29, 1.82) is 0 Å². The largest absolute Gasteiger partial charge is 0.303 e. The zero-order valence-electron chi connectivity index (χ0n) is 7.20. The Labute approximate surface area is 84.3 Å². The van der Waals surface area contributed by atoms with Gasteiger partial charge in [-0.05, 0) is 12.2 Å². The number of thiocarbonyl (C=S) groups is 1. The molecule has 0 aliphatic rings. The molecule has 0 aromatic carbocycles. The third-order valence-electron chi connectivity index (χ3n) is 1.15. The standard InChI is InChI=1S/C6H7N5O2S/c1-3(12)9-6(14)10-5(13)4-7-2-8-11-4/h2H,1H3,(H,7,8,11)(H2,9,10,12,13,14). The number of amides is 2. The third-order valence-corrected chi connectivity index (χ3v) is 1.35. The second-order valence-corrected chi connectivity index (χ2v) is 2.71. The van der Waals surface area contributed by atoms with Crippen LogP contribution in [0.2, 0.25) is 0 Å². The Kier molecular flexibility index (Phi) is 3.24. The second kappa shape index (κ2) is 4.42. The van der Waals surface area contributed by atoms with Crippen LogP contribution < -0.4 is 10.6 Å². The van der Waals surface area contributed by atoms with Crippen molar-refractivity contribution in [1.82, 2.24) is 25.8 Å². The summed E-state index contributed by atoms with van der Waals surface area (Å²) in [5.74, 6) is -0.883. The van der Waals surface area contributed by atoms with Crippen LogP contribution in [0, 0.1) is 0 Å². The Morgan fingerprint density at radius 1 is 1.50 bits per heavy atom. The Morgan fingerprint density at radius 2 is 2.21 bits per heavy atom. The summed E-state index contributed by atoms with van der Waals surface area (Å²) in [5, 5.41) is 10.2. The van der Waals surface area contributed by atoms with Crippen LogP contribution in [0.15, 0.2) is 6.33 Å². The van der Waals surface area contributed by atoms with Crippen LogP contribution in [0.4, 0.5) is 0 Å². The number of carbonyl (C=O) groups is 2. The lowest BCUT2D eigenvalue weighted by Crippen LogP contribution is -2.41. The van der Waals surface area contributed by atoms with E-state index in [9.17, 15) is 9.59 Å². The number of aromatic amines is 1. The van der Waals surface area contributed by atoms with Crippen LogP contribution >= 0.6 is 12.2 Å². The Bertz CT molecular complexity index is 360. The highest BCUT2D eigenvalue weighted by atomic mass is 32.1. The maximum absolute atomic E-state index is 11.2. The zero-order valence-corrected chi connectivity index (χ0v) is 8.01. The molecular weight excluding hydrogens is 206 g/mol. The van der Waals surface area contributed by atoms with Crippen molar-refractivity contribution in [3.05, 3.63) is 12.2 Å². The highest BCUT2D eigenvalue weighted by molar-refractivity contribution is 7.80. The van der Waals surface area contributed by atoms with Crippen molar-refractivity contribution in [3.63, 3.8) is 0 Å². The van der Waals surface area contributed by atoms with Gasteiger partial charge in [0.25, 0.3) is 5.91 Å². The van der Waals surface area contributed by atoms with Gasteiger partial charge in [-0.3, -0.25) is 20.0 Å². The van der Waals surface area contributed by atoms with E-state index in [0.29, 0.717) is 0 Å². The van der Waals surface area contributed by atoms with Gasteiger partial charge in [-0.25, -0.2) is 4.98 Å². The second-order valence-electron chi connectivity index (χ2n) is 2.30. The summed E-state index contributed by atoms with van der Waals surface area (Å²) in [4.78, 5) is 25.3. The van der Waals surface area contributed by atoms with Crippen molar-refractivity contribution in [3.8, 4) is 0 Å². The minimum Gasteiger partial charge on any atom is -0.303 e. The maximum Gasteiger partial charge on any atom is 0.294 e. The van der Waals surface area contributed by atoms with Crippen molar-refractivity contribution < 1.29 is 9.59 Å². The molecule has 0 aliphatic carbocycles. The van der Waals surface area contributed by atoms with Crippen LogP contribution in [0.1, 0.15) is 17.5 Å². The molecule has 74 valence electrons. The van der Waals surface area contributed by atoms with E-state index >= 15 is 0 Å². The first-order valence-corrected chi connectivity index (χ1v) is 3.98. The number of carbonyl (C=O) groups excluding carboxylic acids is 2. The molecule has 0 unspecified atom stereocenters. The summed E-state index contributed by atoms with van der Waals surface area (Å²) < 4.78 is 0. The number of nitrogens with one attached hydrogen (secondary N) is 3. The average Bonchev–Trinajstić information content (AvgIpc) is 2.53. The Morgan fingerprint density at radius 3 is 2.71 bits per heavy atom. The van der Waals surface area contributed by atoms with Crippen LogP contribution in [-0.4, -0.2) is 32.1 Å². The van der Waals surface area contributed by atoms with E-state index < -0.39 is 5.91 Å². The number of nitrogens with zero attached hydrogens (tertiary/aromatic N) is 2. The molecule has 0 aliphatic heterocycles. The Hall–Kier alpha value is -1.83. The van der Waals surface area contributed by atoms with Gasteiger partial charge in [0.1, 0.15) is 6.33 Å². The molecule has 8 heteroatoms. The van der Waals surface area contributed by atoms with E-state index in [-0.39, 0.29) is 16.8 Å². The number of aromatic nitrogens is 3. The van der Waals surface area contributed by atoms with Gasteiger partial charge in [0.15, 0.2) is 5.11 Å². The summed E-state index contributed by atoms with van der Waals surface area (Å²) in [6.45, 7) is 1.28. The quantitative estimate of drug-likeness (QED) is 0.517. The number of H-pyrrole nitrogens is 1. The van der Waals surface area contributed by atoms with Gasteiger partial charge < -0.3 is 5.32 Å². The molecular formula is C6H7N5O2S. The lowest BCUT2D eigenvalue weighted by atomic mass is 10.5. The van der Waals surface area contributed by atoms with E-state index in [4.69, 9.17) is 0 Å². The first-order chi connectivity index (χ1) is 6.59. The number of hydrogen-bond acceptors (Lipinski definition) is 5. The molecule has 0 bridgehead atoms. The number of hydrogen-bond donors (Lipinski definition) is 3. The molecule has 0 spiro atoms. The van der Waals surface area contributed by atoms with Crippen molar-refractivity contribution >= 4 is 29.1 Å². The zero-order chi connectivity index (χ0) is 10.6. The van der Waals surface area contributed by atoms with Gasteiger partial charge >= 0.3 is 0 Å².